The van der Waals surface area contributed by atoms with Gasteiger partial charge in [-0.3, -0.25) is 9.79 Å². The summed E-state index contributed by atoms with van der Waals surface area (Å²) in [4.78, 5) is 18.8. The van der Waals surface area contributed by atoms with Crippen LogP contribution in [0, 0.1) is 0 Å². The number of anilines is 1. The van der Waals surface area contributed by atoms with Gasteiger partial charge in [-0.25, -0.2) is 0 Å². The molecule has 1 atom stereocenters. The molecule has 0 bridgehead atoms. The number of benzene rings is 1. The number of guanidine groups is 1. The van der Waals surface area contributed by atoms with Gasteiger partial charge >= 0.3 is 0 Å². The molecule has 1 aromatic carbocycles. The first-order valence-electron chi connectivity index (χ1n) is 10.3. The highest BCUT2D eigenvalue weighted by molar-refractivity contribution is 14.0. The Morgan fingerprint density at radius 2 is 1.82 bits per heavy atom. The molecule has 2 aliphatic rings. The van der Waals surface area contributed by atoms with Crippen LogP contribution < -0.4 is 20.9 Å². The minimum atomic E-state index is 0. The van der Waals surface area contributed by atoms with Gasteiger partial charge < -0.3 is 20.9 Å². The first kappa shape index (κ1) is 22.8. The van der Waals surface area contributed by atoms with E-state index in [1.807, 2.05) is 6.07 Å². The molecule has 3 rings (SSSR count). The number of nitrogens with one attached hydrogen (secondary N) is 3. The molecule has 1 amide bonds. The van der Waals surface area contributed by atoms with Crippen molar-refractivity contribution in [2.45, 2.75) is 57.0 Å². The van der Waals surface area contributed by atoms with Gasteiger partial charge in [0.25, 0.3) is 0 Å². The van der Waals surface area contributed by atoms with E-state index in [4.69, 9.17) is 0 Å². The van der Waals surface area contributed by atoms with Crippen molar-refractivity contribution in [2.75, 3.05) is 31.6 Å². The van der Waals surface area contributed by atoms with Crippen molar-refractivity contribution in [2.24, 2.45) is 4.99 Å². The van der Waals surface area contributed by atoms with Crippen LogP contribution >= 0.6 is 24.0 Å². The smallest absolute Gasteiger partial charge is 0.221 e. The Bertz CT molecular complexity index is 618. The lowest BCUT2D eigenvalue weighted by Crippen LogP contribution is -2.46. The fourth-order valence-corrected chi connectivity index (χ4v) is 3.98. The van der Waals surface area contributed by atoms with Crippen molar-refractivity contribution in [1.82, 2.24) is 16.0 Å². The predicted molar refractivity (Wildman–Crippen MR) is 127 cm³/mol. The topological polar surface area (TPSA) is 68.8 Å². The molecule has 1 aromatic rings. The highest BCUT2D eigenvalue weighted by atomic mass is 127. The normalized spacial score (nSPS) is 20.4. The van der Waals surface area contributed by atoms with Crippen molar-refractivity contribution >= 4 is 41.5 Å². The maximum atomic E-state index is 12.1. The number of hydrogen-bond acceptors (Lipinski definition) is 3. The number of halogens is 1. The van der Waals surface area contributed by atoms with Gasteiger partial charge in [0.15, 0.2) is 5.96 Å². The number of aliphatic imine (C=N–C) groups is 1. The van der Waals surface area contributed by atoms with Crippen LogP contribution in [0.2, 0.25) is 0 Å². The number of hydrogen-bond donors (Lipinski definition) is 3. The van der Waals surface area contributed by atoms with E-state index in [0.717, 1.165) is 38.3 Å². The summed E-state index contributed by atoms with van der Waals surface area (Å²) in [5.41, 5.74) is 1.27. The maximum absolute atomic E-state index is 12.1. The van der Waals surface area contributed by atoms with E-state index >= 15 is 0 Å². The van der Waals surface area contributed by atoms with Crippen LogP contribution in [0.15, 0.2) is 35.3 Å². The number of amides is 1. The van der Waals surface area contributed by atoms with Crippen molar-refractivity contribution < 1.29 is 4.79 Å². The highest BCUT2D eigenvalue weighted by Crippen LogP contribution is 2.19. The molecule has 2 fully saturated rings. The zero-order valence-corrected chi connectivity index (χ0v) is 19.2. The van der Waals surface area contributed by atoms with Gasteiger partial charge in [0.05, 0.1) is 0 Å². The minimum Gasteiger partial charge on any atom is -0.369 e. The SMILES string of the molecule is CN=C(NCCC(=O)NC1CCCCC1)NC1CCN(c2ccccc2)C1.I. The Morgan fingerprint density at radius 3 is 2.54 bits per heavy atom. The summed E-state index contributed by atoms with van der Waals surface area (Å²) in [5, 5.41) is 9.93. The summed E-state index contributed by atoms with van der Waals surface area (Å²) in [6.07, 6.45) is 7.60. The van der Waals surface area contributed by atoms with Crippen LogP contribution in [-0.4, -0.2) is 50.6 Å². The van der Waals surface area contributed by atoms with E-state index in [-0.39, 0.29) is 29.9 Å². The van der Waals surface area contributed by atoms with Gasteiger partial charge in [-0.05, 0) is 31.4 Å². The number of carbonyl (C=O) groups excluding carboxylic acids is 1. The Balaban J connectivity index is 0.00000280. The summed E-state index contributed by atoms with van der Waals surface area (Å²) < 4.78 is 0. The Labute approximate surface area is 186 Å². The molecule has 0 radical (unpaired) electrons. The van der Waals surface area contributed by atoms with E-state index in [9.17, 15) is 4.79 Å². The summed E-state index contributed by atoms with van der Waals surface area (Å²) in [5.74, 6) is 0.918. The number of para-hydroxylation sites is 1. The summed E-state index contributed by atoms with van der Waals surface area (Å²) in [6.45, 7) is 2.61. The standard InChI is InChI=1S/C21H33N5O.HI/c1-22-21(23-14-12-20(27)24-17-8-4-2-5-9-17)25-18-13-15-26(16-18)19-10-6-3-7-11-19;/h3,6-7,10-11,17-18H,2,4-5,8-9,12-16H2,1H3,(H,24,27)(H2,22,23,25);1H. The Hall–Kier alpha value is -1.51. The van der Waals surface area contributed by atoms with E-state index in [2.05, 4.69) is 50.1 Å². The van der Waals surface area contributed by atoms with Crippen molar-refractivity contribution in [1.29, 1.82) is 0 Å². The average molecular weight is 499 g/mol. The molecule has 1 aliphatic heterocycles. The van der Waals surface area contributed by atoms with Crippen LogP contribution in [0.3, 0.4) is 0 Å². The zero-order valence-electron chi connectivity index (χ0n) is 16.8. The molecule has 1 aliphatic carbocycles. The van der Waals surface area contributed by atoms with Gasteiger partial charge in [0, 0.05) is 50.9 Å². The van der Waals surface area contributed by atoms with Gasteiger partial charge in [-0.15, -0.1) is 24.0 Å². The molecule has 6 nitrogen and oxygen atoms in total. The van der Waals surface area contributed by atoms with E-state index < -0.39 is 0 Å². The lowest BCUT2D eigenvalue weighted by molar-refractivity contribution is -0.121. The Kier molecular flexibility index (Phi) is 9.87. The molecule has 28 heavy (non-hydrogen) atoms. The van der Waals surface area contributed by atoms with Gasteiger partial charge in [0.2, 0.25) is 5.91 Å². The molecule has 0 spiro atoms. The fraction of sp³-hybridized carbons (Fsp3) is 0.619. The number of rotatable bonds is 6. The molecule has 1 unspecified atom stereocenters. The maximum Gasteiger partial charge on any atom is 0.221 e. The van der Waals surface area contributed by atoms with E-state index in [0.29, 0.717) is 25.0 Å². The van der Waals surface area contributed by atoms with Crippen molar-refractivity contribution in [3.63, 3.8) is 0 Å². The van der Waals surface area contributed by atoms with Gasteiger partial charge in [-0.2, -0.15) is 0 Å². The fourth-order valence-electron chi connectivity index (χ4n) is 3.98. The van der Waals surface area contributed by atoms with Crippen LogP contribution in [-0.2, 0) is 4.79 Å². The highest BCUT2D eigenvalue weighted by Gasteiger charge is 2.23. The first-order chi connectivity index (χ1) is 13.2. The third kappa shape index (κ3) is 7.14. The van der Waals surface area contributed by atoms with Crippen molar-refractivity contribution in [3.05, 3.63) is 30.3 Å². The molecular weight excluding hydrogens is 465 g/mol. The second-order valence-corrected chi connectivity index (χ2v) is 7.56. The summed E-state index contributed by atoms with van der Waals surface area (Å²) in [6, 6.07) is 11.3. The third-order valence-corrected chi connectivity index (χ3v) is 5.49. The monoisotopic (exact) mass is 499 g/mol. The molecular formula is C21H34IN5O. The molecule has 1 saturated carbocycles. The van der Waals surface area contributed by atoms with Crippen LogP contribution in [0.5, 0.6) is 0 Å². The third-order valence-electron chi connectivity index (χ3n) is 5.49. The lowest BCUT2D eigenvalue weighted by Gasteiger charge is -2.23. The van der Waals surface area contributed by atoms with E-state index in [1.54, 1.807) is 7.05 Å². The molecule has 3 N–H and O–H groups in total. The van der Waals surface area contributed by atoms with Crippen LogP contribution in [0.1, 0.15) is 44.9 Å². The summed E-state index contributed by atoms with van der Waals surface area (Å²) >= 11 is 0. The van der Waals surface area contributed by atoms with Crippen LogP contribution in [0.25, 0.3) is 0 Å². The molecule has 156 valence electrons. The average Bonchev–Trinajstić information content (AvgIpc) is 3.17. The quantitative estimate of drug-likeness (QED) is 0.320. The van der Waals surface area contributed by atoms with Gasteiger partial charge in [-0.1, -0.05) is 37.5 Å². The van der Waals surface area contributed by atoms with Crippen LogP contribution in [0.4, 0.5) is 5.69 Å². The zero-order chi connectivity index (χ0) is 18.9. The molecule has 1 heterocycles. The molecule has 1 saturated heterocycles. The van der Waals surface area contributed by atoms with Gasteiger partial charge in [0.1, 0.15) is 0 Å². The van der Waals surface area contributed by atoms with E-state index in [1.165, 1.54) is 24.9 Å². The summed E-state index contributed by atoms with van der Waals surface area (Å²) in [7, 11) is 1.78. The number of carbonyl (C=O) groups is 1. The second kappa shape index (κ2) is 12.1. The Morgan fingerprint density at radius 1 is 1.07 bits per heavy atom. The van der Waals surface area contributed by atoms with Crippen molar-refractivity contribution in [3.8, 4) is 0 Å². The molecule has 7 heteroatoms. The molecule has 0 aromatic heterocycles. The predicted octanol–water partition coefficient (Wildman–Crippen LogP) is 2.89. The minimum absolute atomic E-state index is 0. The number of nitrogens with zero attached hydrogens (tertiary/aromatic N) is 2. The largest absolute Gasteiger partial charge is 0.369 e. The first-order valence-corrected chi connectivity index (χ1v) is 10.3. The lowest BCUT2D eigenvalue weighted by atomic mass is 9.95. The second-order valence-electron chi connectivity index (χ2n) is 7.56.